The first-order chi connectivity index (χ1) is 7.22. The summed E-state index contributed by atoms with van der Waals surface area (Å²) >= 11 is 3.43. The first-order valence-corrected chi connectivity index (χ1v) is 5.60. The fraction of sp³-hybridized carbons (Fsp3) is 0.400. The molecule has 5 heteroatoms. The molecule has 2 aromatic heterocycles. The Kier molecular flexibility index (Phi) is 3.02. The van der Waals surface area contributed by atoms with Gasteiger partial charge in [-0.2, -0.15) is 0 Å². The van der Waals surface area contributed by atoms with Gasteiger partial charge in [0.1, 0.15) is 5.52 Å². The number of hydrogen-bond acceptors (Lipinski definition) is 3. The van der Waals surface area contributed by atoms with Crippen LogP contribution in [-0.4, -0.2) is 26.2 Å². The number of aromatic nitrogens is 3. The molecule has 1 N–H and O–H groups in total. The summed E-state index contributed by atoms with van der Waals surface area (Å²) in [5.41, 5.74) is 2.71. The third-order valence-electron chi connectivity index (χ3n) is 2.28. The Morgan fingerprint density at radius 1 is 1.53 bits per heavy atom. The van der Waals surface area contributed by atoms with Gasteiger partial charge < -0.3 is 9.67 Å². The van der Waals surface area contributed by atoms with Crippen molar-refractivity contribution in [3.8, 4) is 0 Å². The molecule has 0 amide bonds. The summed E-state index contributed by atoms with van der Waals surface area (Å²) in [5, 5.41) is 8.77. The van der Waals surface area contributed by atoms with Gasteiger partial charge in [0.2, 0.25) is 0 Å². The van der Waals surface area contributed by atoms with Crippen LogP contribution in [0.15, 0.2) is 16.9 Å². The molecule has 0 saturated carbocycles. The summed E-state index contributed by atoms with van der Waals surface area (Å²) in [6.07, 6.45) is 2.49. The number of hydrogen-bond donors (Lipinski definition) is 1. The highest BCUT2D eigenvalue weighted by Crippen LogP contribution is 2.19. The van der Waals surface area contributed by atoms with Gasteiger partial charge in [-0.3, -0.25) is 0 Å². The number of halogens is 1. The second kappa shape index (κ2) is 4.28. The minimum Gasteiger partial charge on any atom is -0.396 e. The molecule has 0 spiro atoms. The summed E-state index contributed by atoms with van der Waals surface area (Å²) in [5.74, 6) is 0. The van der Waals surface area contributed by atoms with Gasteiger partial charge in [0, 0.05) is 17.6 Å². The maximum absolute atomic E-state index is 8.77. The van der Waals surface area contributed by atoms with Crippen molar-refractivity contribution in [2.24, 2.45) is 0 Å². The Bertz CT molecular complexity index is 481. The lowest BCUT2D eigenvalue weighted by Gasteiger charge is -2.02. The third-order valence-corrected chi connectivity index (χ3v) is 3.08. The maximum Gasteiger partial charge on any atom is 0.160 e. The zero-order chi connectivity index (χ0) is 10.8. The predicted molar refractivity (Wildman–Crippen MR) is 61.7 cm³/mol. The van der Waals surface area contributed by atoms with E-state index >= 15 is 0 Å². The van der Waals surface area contributed by atoms with Crippen molar-refractivity contribution in [2.45, 2.75) is 19.9 Å². The molecule has 0 aromatic carbocycles. The second-order valence-electron chi connectivity index (χ2n) is 3.41. The van der Waals surface area contributed by atoms with Crippen LogP contribution in [0, 0.1) is 6.92 Å². The Morgan fingerprint density at radius 2 is 2.33 bits per heavy atom. The lowest BCUT2D eigenvalue weighted by atomic mass is 10.3. The highest BCUT2D eigenvalue weighted by atomic mass is 79.9. The maximum atomic E-state index is 8.77. The SMILES string of the molecule is Cc1nc2c(cc1Br)ncn2CCCO. The van der Waals surface area contributed by atoms with Crippen LogP contribution in [0.1, 0.15) is 12.1 Å². The van der Waals surface area contributed by atoms with Crippen molar-refractivity contribution in [3.05, 3.63) is 22.6 Å². The molecule has 0 bridgehead atoms. The molecule has 0 aliphatic heterocycles. The minimum atomic E-state index is 0.190. The molecule has 0 aliphatic rings. The lowest BCUT2D eigenvalue weighted by molar-refractivity contribution is 0.280. The van der Waals surface area contributed by atoms with Crippen LogP contribution in [0.4, 0.5) is 0 Å². The molecule has 80 valence electrons. The number of aliphatic hydroxyl groups excluding tert-OH is 1. The number of fused-ring (bicyclic) bond motifs is 1. The monoisotopic (exact) mass is 269 g/mol. The Balaban J connectivity index is 2.45. The minimum absolute atomic E-state index is 0.190. The van der Waals surface area contributed by atoms with Crippen molar-refractivity contribution in [2.75, 3.05) is 6.61 Å². The van der Waals surface area contributed by atoms with Crippen molar-refractivity contribution in [1.82, 2.24) is 14.5 Å². The van der Waals surface area contributed by atoms with E-state index in [2.05, 4.69) is 25.9 Å². The van der Waals surface area contributed by atoms with Gasteiger partial charge >= 0.3 is 0 Å². The van der Waals surface area contributed by atoms with Gasteiger partial charge in [-0.05, 0) is 35.3 Å². The van der Waals surface area contributed by atoms with E-state index < -0.39 is 0 Å². The van der Waals surface area contributed by atoms with Crippen molar-refractivity contribution >= 4 is 27.1 Å². The summed E-state index contributed by atoms with van der Waals surface area (Å²) in [4.78, 5) is 8.72. The zero-order valence-corrected chi connectivity index (χ0v) is 10.0. The molecule has 0 radical (unpaired) electrons. The van der Waals surface area contributed by atoms with Gasteiger partial charge in [0.05, 0.1) is 12.0 Å². The summed E-state index contributed by atoms with van der Waals surface area (Å²) in [6, 6.07) is 1.97. The van der Waals surface area contributed by atoms with Gasteiger partial charge in [-0.1, -0.05) is 0 Å². The Hall–Kier alpha value is -0.940. The molecule has 2 heterocycles. The fourth-order valence-corrected chi connectivity index (χ4v) is 1.76. The van der Waals surface area contributed by atoms with E-state index in [0.717, 1.165) is 34.3 Å². The Labute approximate surface area is 96.1 Å². The van der Waals surface area contributed by atoms with Gasteiger partial charge in [0.15, 0.2) is 5.65 Å². The summed E-state index contributed by atoms with van der Waals surface area (Å²) < 4.78 is 2.94. The van der Waals surface area contributed by atoms with Gasteiger partial charge in [-0.25, -0.2) is 9.97 Å². The Morgan fingerprint density at radius 3 is 3.07 bits per heavy atom. The van der Waals surface area contributed by atoms with Crippen LogP contribution in [0.25, 0.3) is 11.2 Å². The van der Waals surface area contributed by atoms with E-state index in [1.165, 1.54) is 0 Å². The predicted octanol–water partition coefficient (Wildman–Crippen LogP) is 1.88. The van der Waals surface area contributed by atoms with E-state index in [4.69, 9.17) is 5.11 Å². The molecule has 2 aromatic rings. The van der Waals surface area contributed by atoms with Crippen molar-refractivity contribution in [1.29, 1.82) is 0 Å². The first-order valence-electron chi connectivity index (χ1n) is 4.81. The van der Waals surface area contributed by atoms with Gasteiger partial charge in [0.25, 0.3) is 0 Å². The number of imidazole rings is 1. The fourth-order valence-electron chi connectivity index (χ4n) is 1.46. The second-order valence-corrected chi connectivity index (χ2v) is 4.27. The van der Waals surface area contributed by atoms with E-state index in [1.54, 1.807) is 6.33 Å². The number of pyridine rings is 1. The number of aryl methyl sites for hydroxylation is 2. The molecule has 0 saturated heterocycles. The number of aliphatic hydroxyl groups is 1. The van der Waals surface area contributed by atoms with E-state index in [0.29, 0.717) is 0 Å². The smallest absolute Gasteiger partial charge is 0.160 e. The molecular weight excluding hydrogens is 258 g/mol. The quantitative estimate of drug-likeness (QED) is 0.926. The van der Waals surface area contributed by atoms with E-state index in [1.807, 2.05) is 17.6 Å². The van der Waals surface area contributed by atoms with Gasteiger partial charge in [-0.15, -0.1) is 0 Å². The van der Waals surface area contributed by atoms with Crippen LogP contribution in [0.2, 0.25) is 0 Å². The highest BCUT2D eigenvalue weighted by Gasteiger charge is 2.06. The molecule has 0 unspecified atom stereocenters. The molecule has 15 heavy (non-hydrogen) atoms. The van der Waals surface area contributed by atoms with Crippen LogP contribution in [0.5, 0.6) is 0 Å². The summed E-state index contributed by atoms with van der Waals surface area (Å²) in [7, 11) is 0. The normalized spacial score (nSPS) is 11.1. The summed E-state index contributed by atoms with van der Waals surface area (Å²) in [6.45, 7) is 2.89. The van der Waals surface area contributed by atoms with Crippen LogP contribution in [-0.2, 0) is 6.54 Å². The van der Waals surface area contributed by atoms with E-state index in [-0.39, 0.29) is 6.61 Å². The first kappa shape index (κ1) is 10.6. The largest absolute Gasteiger partial charge is 0.396 e. The van der Waals surface area contributed by atoms with E-state index in [9.17, 15) is 0 Å². The van der Waals surface area contributed by atoms with Crippen molar-refractivity contribution < 1.29 is 5.11 Å². The van der Waals surface area contributed by atoms with Crippen LogP contribution in [0.3, 0.4) is 0 Å². The zero-order valence-electron chi connectivity index (χ0n) is 8.44. The average Bonchev–Trinajstić information content (AvgIpc) is 2.59. The molecule has 2 rings (SSSR count). The average molecular weight is 270 g/mol. The molecule has 0 aliphatic carbocycles. The van der Waals surface area contributed by atoms with Crippen LogP contribution >= 0.6 is 15.9 Å². The third kappa shape index (κ3) is 2.03. The lowest BCUT2D eigenvalue weighted by Crippen LogP contribution is -2.00. The molecule has 0 fully saturated rings. The topological polar surface area (TPSA) is 50.9 Å². The number of nitrogens with zero attached hydrogens (tertiary/aromatic N) is 3. The van der Waals surface area contributed by atoms with Crippen LogP contribution < -0.4 is 0 Å². The molecular formula is C10H12BrN3O. The van der Waals surface area contributed by atoms with Crippen molar-refractivity contribution in [3.63, 3.8) is 0 Å². The highest BCUT2D eigenvalue weighted by molar-refractivity contribution is 9.10. The molecule has 4 nitrogen and oxygen atoms in total. The number of rotatable bonds is 3. The molecule has 0 atom stereocenters. The standard InChI is InChI=1S/C10H12BrN3O/c1-7-8(11)5-9-10(13-7)14(6-12-9)3-2-4-15/h5-6,15H,2-4H2,1H3.